The molecule has 1 heterocycles. The first kappa shape index (κ1) is 16.8. The Labute approximate surface area is 141 Å². The third-order valence-electron chi connectivity index (χ3n) is 2.80. The monoisotopic (exact) mass is 408 g/mol. The van der Waals surface area contributed by atoms with Crippen LogP contribution in [0.25, 0.3) is 0 Å². The first-order valence-corrected chi connectivity index (χ1v) is 9.53. The molecule has 2 rings (SSSR count). The summed E-state index contributed by atoms with van der Waals surface area (Å²) < 4.78 is 28.3. The van der Waals surface area contributed by atoms with Crippen molar-refractivity contribution in [2.75, 3.05) is 11.8 Å². The lowest BCUT2D eigenvalue weighted by Crippen LogP contribution is -2.12. The second-order valence-electron chi connectivity index (χ2n) is 4.41. The van der Waals surface area contributed by atoms with E-state index in [2.05, 4.69) is 26.0 Å². The standard InChI is InChI=1S/C13H14BrClN2O2S2/c1-8-6-12(20-11(8)7-16-2)21(18,19)17-10-5-3-4-9(15)13(10)14/h3-6,16-17H,7H2,1-2H3. The zero-order valence-corrected chi connectivity index (χ0v) is 15.4. The molecule has 0 unspecified atom stereocenters. The molecular weight excluding hydrogens is 396 g/mol. The first-order valence-electron chi connectivity index (χ1n) is 6.06. The van der Waals surface area contributed by atoms with Gasteiger partial charge in [-0.1, -0.05) is 17.7 Å². The molecule has 0 fully saturated rings. The highest BCUT2D eigenvalue weighted by molar-refractivity contribution is 9.10. The zero-order chi connectivity index (χ0) is 15.6. The van der Waals surface area contributed by atoms with Crippen LogP contribution in [0.2, 0.25) is 5.02 Å². The van der Waals surface area contributed by atoms with Gasteiger partial charge in [0.1, 0.15) is 4.21 Å². The van der Waals surface area contributed by atoms with Crippen molar-refractivity contribution in [1.29, 1.82) is 0 Å². The summed E-state index contributed by atoms with van der Waals surface area (Å²) >= 11 is 10.5. The molecule has 2 aromatic rings. The largest absolute Gasteiger partial charge is 0.315 e. The van der Waals surface area contributed by atoms with Crippen LogP contribution >= 0.6 is 38.9 Å². The van der Waals surface area contributed by atoms with Crippen LogP contribution in [-0.2, 0) is 16.6 Å². The fourth-order valence-electron chi connectivity index (χ4n) is 1.73. The average Bonchev–Trinajstić information content (AvgIpc) is 2.78. The lowest BCUT2D eigenvalue weighted by atomic mass is 10.3. The van der Waals surface area contributed by atoms with Crippen molar-refractivity contribution < 1.29 is 8.42 Å². The third kappa shape index (κ3) is 3.78. The molecule has 0 spiro atoms. The van der Waals surface area contributed by atoms with Crippen LogP contribution in [0.1, 0.15) is 10.4 Å². The van der Waals surface area contributed by atoms with Crippen molar-refractivity contribution in [3.63, 3.8) is 0 Å². The van der Waals surface area contributed by atoms with Crippen molar-refractivity contribution >= 4 is 54.6 Å². The predicted molar refractivity (Wildman–Crippen MR) is 91.8 cm³/mol. The second-order valence-corrected chi connectivity index (χ2v) is 8.66. The van der Waals surface area contributed by atoms with E-state index in [4.69, 9.17) is 11.6 Å². The smallest absolute Gasteiger partial charge is 0.271 e. The Bertz CT molecular complexity index is 760. The summed E-state index contributed by atoms with van der Waals surface area (Å²) in [6, 6.07) is 6.71. The van der Waals surface area contributed by atoms with Gasteiger partial charge in [-0.15, -0.1) is 11.3 Å². The molecule has 0 aliphatic rings. The second kappa shape index (κ2) is 6.66. The van der Waals surface area contributed by atoms with Crippen molar-refractivity contribution in [2.24, 2.45) is 0 Å². The van der Waals surface area contributed by atoms with Crippen LogP contribution in [-0.4, -0.2) is 15.5 Å². The van der Waals surface area contributed by atoms with Crippen LogP contribution in [0.5, 0.6) is 0 Å². The molecule has 0 bridgehead atoms. The van der Waals surface area contributed by atoms with E-state index in [9.17, 15) is 8.42 Å². The SMILES string of the molecule is CNCc1sc(S(=O)(=O)Nc2cccc(Cl)c2Br)cc1C. The van der Waals surface area contributed by atoms with Gasteiger partial charge in [-0.2, -0.15) is 0 Å². The van der Waals surface area contributed by atoms with E-state index >= 15 is 0 Å². The fraction of sp³-hybridized carbons (Fsp3) is 0.231. The number of rotatable bonds is 5. The third-order valence-corrected chi connectivity index (χ3v) is 7.27. The summed E-state index contributed by atoms with van der Waals surface area (Å²) in [5.74, 6) is 0. The maximum Gasteiger partial charge on any atom is 0.271 e. The number of hydrogen-bond donors (Lipinski definition) is 2. The van der Waals surface area contributed by atoms with Crippen molar-refractivity contribution in [1.82, 2.24) is 5.32 Å². The molecule has 0 amide bonds. The molecule has 4 nitrogen and oxygen atoms in total. The van der Waals surface area contributed by atoms with Crippen LogP contribution in [0, 0.1) is 6.92 Å². The summed E-state index contributed by atoms with van der Waals surface area (Å²) in [5.41, 5.74) is 1.38. The molecule has 0 atom stereocenters. The summed E-state index contributed by atoms with van der Waals surface area (Å²) in [6.07, 6.45) is 0. The number of thiophene rings is 1. The number of hydrogen-bond acceptors (Lipinski definition) is 4. The molecule has 114 valence electrons. The lowest BCUT2D eigenvalue weighted by molar-refractivity contribution is 0.603. The van der Waals surface area contributed by atoms with Crippen LogP contribution in [0.3, 0.4) is 0 Å². The Morgan fingerprint density at radius 3 is 2.76 bits per heavy atom. The molecule has 0 saturated heterocycles. The minimum Gasteiger partial charge on any atom is -0.315 e. The Kier molecular flexibility index (Phi) is 5.32. The van der Waals surface area contributed by atoms with Gasteiger partial charge >= 0.3 is 0 Å². The average molecular weight is 410 g/mol. The Balaban J connectivity index is 2.34. The molecule has 1 aromatic heterocycles. The lowest BCUT2D eigenvalue weighted by Gasteiger charge is -2.09. The number of anilines is 1. The normalized spacial score (nSPS) is 11.6. The van der Waals surface area contributed by atoms with Crippen LogP contribution in [0.15, 0.2) is 32.9 Å². The molecule has 2 N–H and O–H groups in total. The highest BCUT2D eigenvalue weighted by Crippen LogP contribution is 2.33. The van der Waals surface area contributed by atoms with Gasteiger partial charge in [-0.25, -0.2) is 8.42 Å². The summed E-state index contributed by atoms with van der Waals surface area (Å²) in [7, 11) is -1.79. The van der Waals surface area contributed by atoms with Crippen molar-refractivity contribution in [2.45, 2.75) is 17.7 Å². The molecule has 0 aliphatic heterocycles. The Hall–Kier alpha value is -0.600. The molecule has 8 heteroatoms. The Morgan fingerprint density at radius 2 is 2.10 bits per heavy atom. The van der Waals surface area contributed by atoms with Crippen LogP contribution in [0.4, 0.5) is 5.69 Å². The summed E-state index contributed by atoms with van der Waals surface area (Å²) in [4.78, 5) is 1.00. The molecule has 21 heavy (non-hydrogen) atoms. The summed E-state index contributed by atoms with van der Waals surface area (Å²) in [6.45, 7) is 2.55. The Morgan fingerprint density at radius 1 is 1.38 bits per heavy atom. The quantitative estimate of drug-likeness (QED) is 0.785. The number of nitrogens with one attached hydrogen (secondary N) is 2. The molecule has 0 saturated carbocycles. The number of aryl methyl sites for hydroxylation is 1. The van der Waals surface area contributed by atoms with E-state index in [0.717, 1.165) is 10.4 Å². The van der Waals surface area contributed by atoms with Gasteiger partial charge in [0.15, 0.2) is 0 Å². The van der Waals surface area contributed by atoms with Gasteiger partial charge in [0.05, 0.1) is 15.2 Å². The van der Waals surface area contributed by atoms with Gasteiger partial charge in [0.2, 0.25) is 0 Å². The van der Waals surface area contributed by atoms with E-state index in [1.807, 2.05) is 14.0 Å². The first-order chi connectivity index (χ1) is 9.85. The fourth-order valence-corrected chi connectivity index (χ4v) is 5.08. The van der Waals surface area contributed by atoms with Crippen molar-refractivity contribution in [3.8, 4) is 0 Å². The number of benzene rings is 1. The zero-order valence-electron chi connectivity index (χ0n) is 11.4. The van der Waals surface area contributed by atoms with Gasteiger partial charge < -0.3 is 5.32 Å². The minimum absolute atomic E-state index is 0.289. The van der Waals surface area contributed by atoms with E-state index in [-0.39, 0.29) is 4.21 Å². The maximum absolute atomic E-state index is 12.4. The van der Waals surface area contributed by atoms with E-state index in [1.54, 1.807) is 24.3 Å². The van der Waals surface area contributed by atoms with Gasteiger partial charge in [-0.3, -0.25) is 4.72 Å². The molecule has 1 aromatic carbocycles. The van der Waals surface area contributed by atoms with Gasteiger partial charge in [-0.05, 0) is 53.7 Å². The molecule has 0 radical (unpaired) electrons. The molecular formula is C13H14BrClN2O2S2. The van der Waals surface area contributed by atoms with Crippen molar-refractivity contribution in [3.05, 3.63) is 44.2 Å². The van der Waals surface area contributed by atoms with E-state index in [0.29, 0.717) is 21.7 Å². The topological polar surface area (TPSA) is 58.2 Å². The number of halogens is 2. The van der Waals surface area contributed by atoms with Crippen LogP contribution < -0.4 is 10.0 Å². The van der Waals surface area contributed by atoms with Gasteiger partial charge in [0, 0.05) is 11.4 Å². The minimum atomic E-state index is -3.62. The number of sulfonamides is 1. The predicted octanol–water partition coefficient (Wildman–Crippen LogP) is 3.99. The van der Waals surface area contributed by atoms with Gasteiger partial charge in [0.25, 0.3) is 10.0 Å². The highest BCUT2D eigenvalue weighted by Gasteiger charge is 2.20. The summed E-state index contributed by atoms with van der Waals surface area (Å²) in [5, 5.41) is 3.48. The van der Waals surface area contributed by atoms with E-state index < -0.39 is 10.0 Å². The van der Waals surface area contributed by atoms with E-state index in [1.165, 1.54) is 11.3 Å². The highest BCUT2D eigenvalue weighted by atomic mass is 79.9. The maximum atomic E-state index is 12.4. The molecule has 0 aliphatic carbocycles.